The van der Waals surface area contributed by atoms with Crippen molar-refractivity contribution in [2.75, 3.05) is 61.3 Å². The fraction of sp³-hybridized carbons (Fsp3) is 0.338. The van der Waals surface area contributed by atoms with Gasteiger partial charge in [0.25, 0.3) is 0 Å². The van der Waals surface area contributed by atoms with Crippen molar-refractivity contribution in [3.05, 3.63) is 188 Å². The van der Waals surface area contributed by atoms with Crippen LogP contribution in [0.1, 0.15) is 95.6 Å². The Morgan fingerprint density at radius 3 is 1.81 bits per heavy atom. The number of fused-ring (bicyclic) bond motifs is 2. The average Bonchev–Trinajstić information content (AvgIpc) is 1.65. The number of anilines is 3. The topological polar surface area (TPSA) is 248 Å². The maximum atomic E-state index is 12.7. The van der Waals surface area contributed by atoms with Gasteiger partial charge in [-0.2, -0.15) is 0 Å². The predicted octanol–water partition coefficient (Wildman–Crippen LogP) is 11.2. The van der Waals surface area contributed by atoms with Gasteiger partial charge in [-0.25, -0.2) is 19.7 Å². The maximum absolute atomic E-state index is 12.7. The van der Waals surface area contributed by atoms with Gasteiger partial charge in [-0.05, 0) is 155 Å². The Morgan fingerprint density at radius 1 is 0.644 bits per heavy atom. The highest BCUT2D eigenvalue weighted by atomic mass is 35.5. The lowest BCUT2D eigenvalue weighted by atomic mass is 9.98. The third-order valence-electron chi connectivity index (χ3n) is 14.7. The Kier molecular flexibility index (Phi) is 26.1. The number of ketones is 1. The Hall–Kier alpha value is -9.60. The third-order valence-corrected chi connectivity index (χ3v) is 15.0. The summed E-state index contributed by atoms with van der Waals surface area (Å²) in [5.74, 6) is 2.97. The van der Waals surface area contributed by atoms with Gasteiger partial charge in [0.15, 0.2) is 23.0 Å². The summed E-state index contributed by atoms with van der Waals surface area (Å²) in [5, 5.41) is 3.07. The van der Waals surface area contributed by atoms with Gasteiger partial charge in [0, 0.05) is 134 Å². The number of piperidine rings is 2. The van der Waals surface area contributed by atoms with E-state index in [4.69, 9.17) is 46.8 Å². The monoisotopic (exact) mass is 1250 g/mol. The minimum absolute atomic E-state index is 0.0661. The number of nitrogen functional groups attached to an aromatic ring is 1. The number of allylic oxidation sites excluding steroid dienone is 1. The Bertz CT molecular complexity index is 3550. The van der Waals surface area contributed by atoms with E-state index in [9.17, 15) is 19.2 Å². The molecule has 5 N–H and O–H groups in total. The van der Waals surface area contributed by atoms with Crippen LogP contribution < -0.4 is 45.5 Å². The normalized spacial score (nSPS) is 14.7. The van der Waals surface area contributed by atoms with E-state index in [1.807, 2.05) is 112 Å². The molecule has 0 bridgehead atoms. The summed E-state index contributed by atoms with van der Waals surface area (Å²) < 4.78 is 36.6. The number of esters is 2. The SMILES string of the molecule is CCOC(=O)/C=C1\CCCCN1c1cccc(-n2ccnc2)c1.CCOC(=O)CC(=O)CCCCCl.NCc1ccc2c(c1)OCO2.Nc1cccc(-n2ccnc2)c1.O=C(CC1CCCCN1c1cccc(-n2ccnc2)c1)NCc1ccc2c(c1)OCO2. The van der Waals surface area contributed by atoms with E-state index in [1.54, 1.807) is 50.6 Å². The smallest absolute Gasteiger partial charge is 0.332 e. The number of nitrogens with one attached hydrogen (secondary N) is 1. The van der Waals surface area contributed by atoms with Crippen molar-refractivity contribution in [3.63, 3.8) is 0 Å². The number of aromatic nitrogens is 6. The highest BCUT2D eigenvalue weighted by molar-refractivity contribution is 6.17. The van der Waals surface area contributed by atoms with Gasteiger partial charge in [0.05, 0.1) is 32.2 Å². The number of benzene rings is 5. The largest absolute Gasteiger partial charge is 0.466 e. The summed E-state index contributed by atoms with van der Waals surface area (Å²) in [5.41, 5.74) is 20.3. The molecule has 3 aromatic heterocycles. The van der Waals surface area contributed by atoms with Crippen molar-refractivity contribution < 1.29 is 47.6 Å². The van der Waals surface area contributed by atoms with E-state index in [2.05, 4.69) is 71.2 Å². The van der Waals surface area contributed by atoms with Crippen LogP contribution in [-0.4, -0.2) is 104 Å². The average molecular weight is 1250 g/mol. The molecule has 8 aromatic rings. The van der Waals surface area contributed by atoms with Gasteiger partial charge in [-0.15, -0.1) is 11.6 Å². The second kappa shape index (κ2) is 35.4. The minimum Gasteiger partial charge on any atom is -0.466 e. The van der Waals surface area contributed by atoms with Crippen LogP contribution in [0.5, 0.6) is 23.0 Å². The van der Waals surface area contributed by atoms with Crippen LogP contribution >= 0.6 is 11.6 Å². The second-order valence-corrected chi connectivity index (χ2v) is 21.5. The van der Waals surface area contributed by atoms with Gasteiger partial charge in [-0.3, -0.25) is 14.4 Å². The number of Topliss-reactive ketones (excluding diaryl/α,β-unsaturated/α-hetero) is 1. The first kappa shape index (κ1) is 66.4. The zero-order chi connectivity index (χ0) is 63.3. The Labute approximate surface area is 530 Å². The highest BCUT2D eigenvalue weighted by Gasteiger charge is 2.26. The minimum atomic E-state index is -0.432. The molecular weight excluding hydrogens is 1170 g/mol. The van der Waals surface area contributed by atoms with Crippen molar-refractivity contribution in [1.82, 2.24) is 34.0 Å². The molecule has 7 heterocycles. The molecule has 0 radical (unpaired) electrons. The Morgan fingerprint density at radius 2 is 1.21 bits per heavy atom. The summed E-state index contributed by atoms with van der Waals surface area (Å²) in [6.45, 7) is 7.75. The summed E-state index contributed by atoms with van der Waals surface area (Å²) in [7, 11) is 0. The molecule has 474 valence electrons. The molecule has 4 aliphatic rings. The van der Waals surface area contributed by atoms with E-state index in [0.717, 1.165) is 138 Å². The molecule has 21 nitrogen and oxygen atoms in total. The first-order valence-corrected chi connectivity index (χ1v) is 30.9. The number of ether oxygens (including phenoxy) is 6. The molecule has 4 aliphatic heterocycles. The van der Waals surface area contributed by atoms with Gasteiger partial charge < -0.3 is 68.7 Å². The number of imidazole rings is 3. The number of rotatable bonds is 19. The number of unbranched alkanes of at least 4 members (excludes halogenated alkanes) is 1. The number of amides is 1. The first-order chi connectivity index (χ1) is 44.0. The number of hydrogen-bond donors (Lipinski definition) is 3. The van der Waals surface area contributed by atoms with Crippen LogP contribution in [0.4, 0.5) is 17.1 Å². The van der Waals surface area contributed by atoms with Crippen molar-refractivity contribution in [1.29, 1.82) is 0 Å². The van der Waals surface area contributed by atoms with Gasteiger partial charge >= 0.3 is 11.9 Å². The lowest BCUT2D eigenvalue weighted by molar-refractivity contribution is -0.145. The molecule has 0 aliphatic carbocycles. The number of halogens is 1. The fourth-order valence-corrected chi connectivity index (χ4v) is 10.4. The molecule has 2 fully saturated rings. The molecule has 0 saturated carbocycles. The van der Waals surface area contributed by atoms with Crippen LogP contribution in [0.3, 0.4) is 0 Å². The van der Waals surface area contributed by atoms with Gasteiger partial charge in [0.1, 0.15) is 12.2 Å². The maximum Gasteiger partial charge on any atom is 0.332 e. The van der Waals surface area contributed by atoms with Crippen molar-refractivity contribution in [3.8, 4) is 40.1 Å². The molecule has 1 amide bonds. The van der Waals surface area contributed by atoms with Crippen LogP contribution in [0.15, 0.2) is 177 Å². The first-order valence-electron chi connectivity index (χ1n) is 30.4. The summed E-state index contributed by atoms with van der Waals surface area (Å²) in [6.07, 6.45) is 26.8. The number of carbonyl (C=O) groups excluding carboxylic acids is 4. The quantitative estimate of drug-likeness (QED) is 0.0170. The summed E-state index contributed by atoms with van der Waals surface area (Å²) in [6, 6.07) is 36.1. The number of nitrogens with two attached hydrogens (primary N) is 2. The van der Waals surface area contributed by atoms with Crippen LogP contribution in [-0.2, 0) is 41.7 Å². The molecule has 2 saturated heterocycles. The second-order valence-electron chi connectivity index (χ2n) is 21.1. The van der Waals surface area contributed by atoms with Crippen molar-refractivity contribution in [2.24, 2.45) is 5.73 Å². The number of nitrogens with zero attached hydrogens (tertiary/aromatic N) is 8. The zero-order valence-corrected chi connectivity index (χ0v) is 51.8. The lowest BCUT2D eigenvalue weighted by Crippen LogP contribution is -2.42. The van der Waals surface area contributed by atoms with Crippen molar-refractivity contribution >= 4 is 52.3 Å². The molecule has 1 unspecified atom stereocenters. The van der Waals surface area contributed by atoms with E-state index < -0.39 is 5.97 Å². The van der Waals surface area contributed by atoms with E-state index >= 15 is 0 Å². The number of carbonyl (C=O) groups is 4. The van der Waals surface area contributed by atoms with E-state index in [0.29, 0.717) is 51.8 Å². The molecular formula is C68H80ClN11O10. The fourth-order valence-electron chi connectivity index (χ4n) is 10.2. The molecule has 0 spiro atoms. The predicted molar refractivity (Wildman–Crippen MR) is 346 cm³/mol. The van der Waals surface area contributed by atoms with Crippen LogP contribution in [0, 0.1) is 0 Å². The van der Waals surface area contributed by atoms with Gasteiger partial charge in [0.2, 0.25) is 19.5 Å². The number of hydrogen-bond acceptors (Lipinski definition) is 17. The molecule has 12 rings (SSSR count). The third kappa shape index (κ3) is 20.5. The molecule has 1 atom stereocenters. The lowest BCUT2D eigenvalue weighted by Gasteiger charge is -2.37. The van der Waals surface area contributed by atoms with E-state index in [1.165, 1.54) is 0 Å². The summed E-state index contributed by atoms with van der Waals surface area (Å²) in [4.78, 5) is 63.2. The zero-order valence-electron chi connectivity index (χ0n) is 51.1. The van der Waals surface area contributed by atoms with Crippen LogP contribution in [0.25, 0.3) is 17.1 Å². The highest BCUT2D eigenvalue weighted by Crippen LogP contribution is 2.34. The molecule has 90 heavy (non-hydrogen) atoms. The Balaban J connectivity index is 0.000000155. The standard InChI is InChI=1S/C24H26N4O3.C18H21N3O2.C9H15ClO3.C9H9N3.C8H9NO2/c29-24(26-15-18-7-8-22-23(12-18)31-17-30-22)14-21-4-1-2-10-28(21)20-6-3-5-19(13-20)27-11-9-25-16-27;1-2-23-18(22)13-17-6-3-4-10-21(17)16-8-5-7-15(12-16)20-11-9-19-14-20;1-2-13-9(12)7-8(11)5-3-4-6-10;10-8-2-1-3-9(6-8)12-5-4-11-7-12;9-4-6-1-2-7-8(3-6)11-5-10-7/h3,5-9,11-13,16,21H,1-2,4,10,14-15,17H2,(H,26,29);5,7-9,11-14H,2-4,6,10H2,1H3;2-7H2,1H3;1-7H,10H2;1-3H,4-5,9H2/b;17-13+;;;. The van der Waals surface area contributed by atoms with E-state index in [-0.39, 0.29) is 36.9 Å². The summed E-state index contributed by atoms with van der Waals surface area (Å²) >= 11 is 5.44. The van der Waals surface area contributed by atoms with Gasteiger partial charge in [-0.1, -0.05) is 30.3 Å². The number of alkyl halides is 1. The van der Waals surface area contributed by atoms with Crippen LogP contribution in [0.2, 0.25) is 0 Å². The molecule has 5 aromatic carbocycles. The van der Waals surface area contributed by atoms with Crippen molar-refractivity contribution in [2.45, 2.75) is 104 Å². The molecule has 22 heteroatoms.